The molecular weight excluding hydrogens is 252 g/mol. The Kier molecular flexibility index (Phi) is 5.16. The summed E-state index contributed by atoms with van der Waals surface area (Å²) in [6.45, 7) is 5.40. The molecule has 1 saturated carbocycles. The molecule has 5 heteroatoms. The summed E-state index contributed by atoms with van der Waals surface area (Å²) in [5, 5.41) is 11.8. The number of rotatable bonds is 6. The topological polar surface area (TPSA) is 52.0 Å². The lowest BCUT2D eigenvalue weighted by molar-refractivity contribution is -0.0763. The molecule has 1 aromatic rings. The first-order valence-electron chi connectivity index (χ1n) is 7.77. The van der Waals surface area contributed by atoms with Crippen molar-refractivity contribution < 1.29 is 4.74 Å². The van der Waals surface area contributed by atoms with Crippen LogP contribution in [0.4, 0.5) is 0 Å². The molecule has 1 atom stereocenters. The lowest BCUT2D eigenvalue weighted by atomic mass is 9.74. The van der Waals surface area contributed by atoms with Crippen molar-refractivity contribution in [3.8, 4) is 0 Å². The number of nitrogens with zero attached hydrogens (tertiary/aromatic N) is 3. The smallest absolute Gasteiger partial charge is 0.0888 e. The number of ether oxygens (including phenoxy) is 1. The molecule has 1 N–H and O–H groups in total. The Labute approximate surface area is 122 Å². The van der Waals surface area contributed by atoms with E-state index in [0.29, 0.717) is 0 Å². The first-order chi connectivity index (χ1) is 9.66. The summed E-state index contributed by atoms with van der Waals surface area (Å²) in [7, 11) is 3.85. The zero-order chi connectivity index (χ0) is 14.6. The molecule has 0 spiro atoms. The molecule has 20 heavy (non-hydrogen) atoms. The van der Waals surface area contributed by atoms with Crippen LogP contribution in [0.25, 0.3) is 0 Å². The normalized spacial score (nSPS) is 28.5. The summed E-state index contributed by atoms with van der Waals surface area (Å²) in [6, 6.07) is 0.154. The van der Waals surface area contributed by atoms with Gasteiger partial charge in [-0.25, -0.2) is 4.68 Å². The van der Waals surface area contributed by atoms with Crippen molar-refractivity contribution in [2.75, 3.05) is 14.2 Å². The summed E-state index contributed by atoms with van der Waals surface area (Å²) in [4.78, 5) is 0. The fourth-order valence-corrected chi connectivity index (χ4v) is 3.42. The van der Waals surface area contributed by atoms with E-state index in [9.17, 15) is 0 Å². The van der Waals surface area contributed by atoms with Gasteiger partial charge in [-0.05, 0) is 45.1 Å². The van der Waals surface area contributed by atoms with Crippen LogP contribution in [0.1, 0.15) is 57.7 Å². The molecule has 0 bridgehead atoms. The minimum atomic E-state index is -0.130. The zero-order valence-corrected chi connectivity index (χ0v) is 13.2. The molecule has 1 fully saturated rings. The summed E-state index contributed by atoms with van der Waals surface area (Å²) in [6.07, 6.45) is 7.57. The number of methoxy groups -OCH3 is 1. The van der Waals surface area contributed by atoms with Crippen molar-refractivity contribution in [1.29, 1.82) is 0 Å². The van der Waals surface area contributed by atoms with Crippen LogP contribution in [0, 0.1) is 5.92 Å². The van der Waals surface area contributed by atoms with Gasteiger partial charge in [-0.1, -0.05) is 19.1 Å². The highest BCUT2D eigenvalue weighted by molar-refractivity contribution is 5.11. The minimum Gasteiger partial charge on any atom is -0.376 e. The fraction of sp³-hybridized carbons (Fsp3) is 0.867. The van der Waals surface area contributed by atoms with Crippen LogP contribution in [0.3, 0.4) is 0 Å². The second kappa shape index (κ2) is 6.68. The third kappa shape index (κ3) is 2.88. The molecule has 1 unspecified atom stereocenters. The van der Waals surface area contributed by atoms with Crippen LogP contribution in [0.2, 0.25) is 0 Å². The molecule has 1 aromatic heterocycles. The minimum absolute atomic E-state index is 0.130. The Hall–Kier alpha value is -0.940. The summed E-state index contributed by atoms with van der Waals surface area (Å²) in [5.74, 6) is 0.800. The summed E-state index contributed by atoms with van der Waals surface area (Å²) < 4.78 is 8.02. The van der Waals surface area contributed by atoms with Crippen LogP contribution in [-0.2, 0) is 11.3 Å². The molecule has 1 aliphatic carbocycles. The van der Waals surface area contributed by atoms with Crippen LogP contribution in [0.15, 0.2) is 6.20 Å². The molecule has 2 rings (SSSR count). The number of likely N-dealkylation sites (N-methyl/N-ethyl adjacent to an activating group) is 1. The number of aryl methyl sites for hydroxylation is 1. The van der Waals surface area contributed by atoms with Crippen LogP contribution >= 0.6 is 0 Å². The molecular formula is C15H28N4O. The van der Waals surface area contributed by atoms with Gasteiger partial charge in [0.25, 0.3) is 0 Å². The van der Waals surface area contributed by atoms with E-state index in [4.69, 9.17) is 4.74 Å². The average molecular weight is 280 g/mol. The van der Waals surface area contributed by atoms with E-state index in [1.165, 1.54) is 12.8 Å². The first-order valence-corrected chi connectivity index (χ1v) is 7.77. The predicted molar refractivity (Wildman–Crippen MR) is 79.5 cm³/mol. The highest BCUT2D eigenvalue weighted by Gasteiger charge is 2.43. The van der Waals surface area contributed by atoms with E-state index in [0.717, 1.165) is 37.4 Å². The third-order valence-electron chi connectivity index (χ3n) is 4.72. The van der Waals surface area contributed by atoms with E-state index in [2.05, 4.69) is 29.5 Å². The lowest BCUT2D eigenvalue weighted by Gasteiger charge is -2.43. The first kappa shape index (κ1) is 15.4. The van der Waals surface area contributed by atoms with Gasteiger partial charge >= 0.3 is 0 Å². The van der Waals surface area contributed by atoms with Gasteiger partial charge in [-0.2, -0.15) is 0 Å². The molecule has 0 aliphatic heterocycles. The maximum Gasteiger partial charge on any atom is 0.0888 e. The lowest BCUT2D eigenvalue weighted by Crippen LogP contribution is -2.47. The Morgan fingerprint density at radius 3 is 2.75 bits per heavy atom. The fourth-order valence-electron chi connectivity index (χ4n) is 3.42. The molecule has 0 aromatic carbocycles. The monoisotopic (exact) mass is 280 g/mol. The third-order valence-corrected chi connectivity index (χ3v) is 4.72. The van der Waals surface area contributed by atoms with Crippen molar-refractivity contribution in [1.82, 2.24) is 20.3 Å². The molecule has 5 nitrogen and oxygen atoms in total. The van der Waals surface area contributed by atoms with Crippen LogP contribution in [-0.4, -0.2) is 34.8 Å². The number of hydrogen-bond donors (Lipinski definition) is 1. The standard InChI is InChI=1S/C15H28N4O/c1-5-10-19-13(11-17-18-19)14(16-3)15(20-4)8-6-12(2)7-9-15/h11-12,14,16H,5-10H2,1-4H3. The summed E-state index contributed by atoms with van der Waals surface area (Å²) in [5.41, 5.74) is 1.01. The molecule has 114 valence electrons. The predicted octanol–water partition coefficient (Wildman–Crippen LogP) is 2.54. The van der Waals surface area contributed by atoms with Crippen molar-refractivity contribution >= 4 is 0 Å². The van der Waals surface area contributed by atoms with E-state index in [1.807, 2.05) is 25.0 Å². The summed E-state index contributed by atoms with van der Waals surface area (Å²) >= 11 is 0. The molecule has 1 aliphatic rings. The largest absolute Gasteiger partial charge is 0.376 e. The maximum atomic E-state index is 6.01. The SMILES string of the molecule is CCCn1nncc1C(NC)C1(OC)CCC(C)CC1. The van der Waals surface area contributed by atoms with Gasteiger partial charge in [-0.3, -0.25) is 0 Å². The van der Waals surface area contributed by atoms with E-state index >= 15 is 0 Å². The van der Waals surface area contributed by atoms with Gasteiger partial charge in [0.2, 0.25) is 0 Å². The van der Waals surface area contributed by atoms with Gasteiger partial charge < -0.3 is 10.1 Å². The van der Waals surface area contributed by atoms with E-state index in [-0.39, 0.29) is 11.6 Å². The number of aromatic nitrogens is 3. The van der Waals surface area contributed by atoms with Gasteiger partial charge in [0.05, 0.1) is 23.5 Å². The van der Waals surface area contributed by atoms with Crippen molar-refractivity contribution in [3.63, 3.8) is 0 Å². The Morgan fingerprint density at radius 2 is 2.20 bits per heavy atom. The quantitative estimate of drug-likeness (QED) is 0.870. The van der Waals surface area contributed by atoms with Crippen LogP contribution < -0.4 is 5.32 Å². The number of nitrogens with one attached hydrogen (secondary N) is 1. The van der Waals surface area contributed by atoms with E-state index < -0.39 is 0 Å². The van der Waals surface area contributed by atoms with Gasteiger partial charge in [0, 0.05) is 13.7 Å². The zero-order valence-electron chi connectivity index (χ0n) is 13.2. The Balaban J connectivity index is 2.27. The molecule has 0 amide bonds. The second-order valence-corrected chi connectivity index (χ2v) is 6.06. The highest BCUT2D eigenvalue weighted by Crippen LogP contribution is 2.42. The van der Waals surface area contributed by atoms with Crippen LogP contribution in [0.5, 0.6) is 0 Å². The van der Waals surface area contributed by atoms with Gasteiger partial charge in [0.15, 0.2) is 0 Å². The van der Waals surface area contributed by atoms with Crippen molar-refractivity contribution in [3.05, 3.63) is 11.9 Å². The van der Waals surface area contributed by atoms with Gasteiger partial charge in [-0.15, -0.1) is 5.10 Å². The molecule has 0 saturated heterocycles. The Bertz CT molecular complexity index is 410. The van der Waals surface area contributed by atoms with Crippen molar-refractivity contribution in [2.45, 2.75) is 64.1 Å². The molecule has 0 radical (unpaired) electrons. The Morgan fingerprint density at radius 1 is 1.50 bits per heavy atom. The van der Waals surface area contributed by atoms with Crippen molar-refractivity contribution in [2.24, 2.45) is 5.92 Å². The average Bonchev–Trinajstić information content (AvgIpc) is 2.91. The van der Waals surface area contributed by atoms with Gasteiger partial charge in [0.1, 0.15) is 0 Å². The maximum absolute atomic E-state index is 6.01. The van der Waals surface area contributed by atoms with E-state index in [1.54, 1.807) is 0 Å². The molecule has 1 heterocycles. The number of hydrogen-bond acceptors (Lipinski definition) is 4. The second-order valence-electron chi connectivity index (χ2n) is 6.06. The highest BCUT2D eigenvalue weighted by atomic mass is 16.5.